The van der Waals surface area contributed by atoms with E-state index in [9.17, 15) is 18.0 Å². The Labute approximate surface area is 127 Å². The summed E-state index contributed by atoms with van der Waals surface area (Å²) in [6.07, 6.45) is -1.39. The summed E-state index contributed by atoms with van der Waals surface area (Å²) in [4.78, 5) is 11.9. The van der Waals surface area contributed by atoms with Gasteiger partial charge in [0.2, 0.25) is 0 Å². The van der Waals surface area contributed by atoms with E-state index in [1.807, 2.05) is 0 Å². The molecule has 0 aliphatic rings. The van der Waals surface area contributed by atoms with Gasteiger partial charge in [-0.05, 0) is 18.2 Å². The molecule has 1 heterocycles. The lowest BCUT2D eigenvalue weighted by Crippen LogP contribution is -2.25. The normalized spacial score (nSPS) is 11.5. The minimum absolute atomic E-state index is 0.111. The number of halogens is 4. The van der Waals surface area contributed by atoms with Gasteiger partial charge in [0.05, 0.1) is 17.3 Å². The number of alkyl halides is 3. The van der Waals surface area contributed by atoms with Gasteiger partial charge in [0.15, 0.2) is 0 Å². The fraction of sp³-hybridized carbons (Fsp3) is 0.231. The molecule has 112 valence electrons. The second-order valence-corrected chi connectivity index (χ2v) is 5.31. The number of carbonyl (C=O) groups is 1. The Morgan fingerprint density at radius 1 is 1.43 bits per heavy atom. The molecule has 0 atom stereocenters. The molecule has 1 aromatic heterocycles. The molecule has 4 nitrogen and oxygen atoms in total. The smallest absolute Gasteiger partial charge is 0.348 e. The van der Waals surface area contributed by atoms with Crippen molar-refractivity contribution in [3.05, 3.63) is 51.8 Å². The first-order valence-corrected chi connectivity index (χ1v) is 6.69. The predicted molar refractivity (Wildman–Crippen MR) is 73.5 cm³/mol. The Hall–Kier alpha value is -1.83. The van der Waals surface area contributed by atoms with Gasteiger partial charge in [0, 0.05) is 29.8 Å². The van der Waals surface area contributed by atoms with Crippen LogP contribution in [0.15, 0.2) is 35.1 Å². The number of benzene rings is 1. The van der Waals surface area contributed by atoms with Crippen LogP contribution >= 0.6 is 15.9 Å². The number of aryl methyl sites for hydroxylation is 1. The second kappa shape index (κ2) is 5.88. The molecule has 0 aliphatic carbocycles. The monoisotopic (exact) mass is 361 g/mol. The van der Waals surface area contributed by atoms with Gasteiger partial charge in [0.25, 0.3) is 5.91 Å². The molecule has 0 saturated carbocycles. The molecule has 1 amide bonds. The Morgan fingerprint density at radius 2 is 2.14 bits per heavy atom. The summed E-state index contributed by atoms with van der Waals surface area (Å²) in [7, 11) is 1.71. The number of rotatable bonds is 3. The van der Waals surface area contributed by atoms with Crippen LogP contribution < -0.4 is 5.32 Å². The van der Waals surface area contributed by atoms with E-state index >= 15 is 0 Å². The molecule has 21 heavy (non-hydrogen) atoms. The fourth-order valence-electron chi connectivity index (χ4n) is 1.79. The highest BCUT2D eigenvalue weighted by Gasteiger charge is 2.35. The number of amides is 1. The van der Waals surface area contributed by atoms with Gasteiger partial charge < -0.3 is 5.32 Å². The lowest BCUT2D eigenvalue weighted by Gasteiger charge is -2.13. The van der Waals surface area contributed by atoms with E-state index in [0.29, 0.717) is 5.56 Å². The van der Waals surface area contributed by atoms with Crippen molar-refractivity contribution in [2.75, 3.05) is 0 Å². The van der Waals surface area contributed by atoms with Crippen LogP contribution in [0.3, 0.4) is 0 Å². The molecule has 0 unspecified atom stereocenters. The summed E-state index contributed by atoms with van der Waals surface area (Å²) >= 11 is 2.97. The number of carbonyl (C=O) groups excluding carboxylic acids is 1. The van der Waals surface area contributed by atoms with E-state index in [2.05, 4.69) is 26.3 Å². The Morgan fingerprint density at radius 3 is 2.71 bits per heavy atom. The average Bonchev–Trinajstić information content (AvgIpc) is 2.81. The van der Waals surface area contributed by atoms with Crippen LogP contribution in [-0.4, -0.2) is 15.7 Å². The molecule has 0 spiro atoms. The lowest BCUT2D eigenvalue weighted by atomic mass is 10.1. The summed E-state index contributed by atoms with van der Waals surface area (Å²) in [6, 6.07) is 3.43. The summed E-state index contributed by atoms with van der Waals surface area (Å²) in [5.74, 6) is -0.779. The Balaban J connectivity index is 2.19. The van der Waals surface area contributed by atoms with Crippen LogP contribution in [0.25, 0.3) is 0 Å². The lowest BCUT2D eigenvalue weighted by molar-refractivity contribution is -0.138. The number of aromatic nitrogens is 2. The first-order chi connectivity index (χ1) is 9.77. The van der Waals surface area contributed by atoms with Crippen molar-refractivity contribution in [1.29, 1.82) is 0 Å². The highest BCUT2D eigenvalue weighted by atomic mass is 79.9. The number of hydrogen-bond donors (Lipinski definition) is 1. The van der Waals surface area contributed by atoms with Gasteiger partial charge in [0.1, 0.15) is 0 Å². The van der Waals surface area contributed by atoms with E-state index < -0.39 is 23.2 Å². The van der Waals surface area contributed by atoms with Gasteiger partial charge >= 0.3 is 6.18 Å². The van der Waals surface area contributed by atoms with Gasteiger partial charge in [-0.25, -0.2) is 0 Å². The number of hydrogen-bond acceptors (Lipinski definition) is 2. The molecule has 0 bridgehead atoms. The average molecular weight is 362 g/mol. The van der Waals surface area contributed by atoms with Crippen LogP contribution in [0.5, 0.6) is 0 Å². The maximum atomic E-state index is 12.9. The minimum atomic E-state index is -4.59. The molecule has 0 radical (unpaired) electrons. The molecule has 2 rings (SSSR count). The second-order valence-electron chi connectivity index (χ2n) is 4.39. The molecule has 8 heteroatoms. The molecule has 1 aromatic carbocycles. The van der Waals surface area contributed by atoms with Gasteiger partial charge in [-0.15, -0.1) is 0 Å². The topological polar surface area (TPSA) is 46.9 Å². The van der Waals surface area contributed by atoms with Crippen LogP contribution in [0.4, 0.5) is 13.2 Å². The zero-order valence-corrected chi connectivity index (χ0v) is 12.5. The fourth-order valence-corrected chi connectivity index (χ4v) is 2.15. The summed E-state index contributed by atoms with van der Waals surface area (Å²) < 4.78 is 40.6. The highest BCUT2D eigenvalue weighted by Crippen LogP contribution is 2.33. The van der Waals surface area contributed by atoms with Gasteiger partial charge in [-0.2, -0.15) is 18.3 Å². The largest absolute Gasteiger partial charge is 0.417 e. The third kappa shape index (κ3) is 3.84. The van der Waals surface area contributed by atoms with E-state index in [0.717, 1.165) is 12.1 Å². The van der Waals surface area contributed by atoms with Crippen molar-refractivity contribution in [2.45, 2.75) is 12.7 Å². The van der Waals surface area contributed by atoms with E-state index in [1.165, 1.54) is 12.3 Å². The SMILES string of the molecule is Cn1cc(CNC(=O)c2ccc(Br)cc2C(F)(F)F)cn1. The molecule has 1 N–H and O–H groups in total. The zero-order valence-electron chi connectivity index (χ0n) is 10.9. The van der Waals surface area contributed by atoms with Crippen LogP contribution in [-0.2, 0) is 19.8 Å². The highest BCUT2D eigenvalue weighted by molar-refractivity contribution is 9.10. The van der Waals surface area contributed by atoms with E-state index in [1.54, 1.807) is 17.9 Å². The number of nitrogens with zero attached hydrogens (tertiary/aromatic N) is 2. The van der Waals surface area contributed by atoms with Crippen LogP contribution in [0.2, 0.25) is 0 Å². The summed E-state index contributed by atoms with van der Waals surface area (Å²) in [5.41, 5.74) is -0.674. The van der Waals surface area contributed by atoms with Crippen LogP contribution in [0.1, 0.15) is 21.5 Å². The molecule has 0 saturated heterocycles. The molecule has 0 fully saturated rings. The maximum Gasteiger partial charge on any atom is 0.417 e. The first-order valence-electron chi connectivity index (χ1n) is 5.90. The Kier molecular flexibility index (Phi) is 4.36. The quantitative estimate of drug-likeness (QED) is 0.912. The van der Waals surface area contributed by atoms with Gasteiger partial charge in [-0.3, -0.25) is 9.48 Å². The van der Waals surface area contributed by atoms with Crippen LogP contribution in [0, 0.1) is 0 Å². The zero-order chi connectivity index (χ0) is 15.6. The predicted octanol–water partition coefficient (Wildman–Crippen LogP) is 3.13. The number of nitrogens with one attached hydrogen (secondary N) is 1. The van der Waals surface area contributed by atoms with E-state index in [-0.39, 0.29) is 11.0 Å². The third-order valence-corrected chi connectivity index (χ3v) is 3.24. The van der Waals surface area contributed by atoms with Crippen molar-refractivity contribution in [1.82, 2.24) is 15.1 Å². The molecular weight excluding hydrogens is 351 g/mol. The third-order valence-electron chi connectivity index (χ3n) is 2.74. The summed E-state index contributed by atoms with van der Waals surface area (Å²) in [5, 5.41) is 6.37. The van der Waals surface area contributed by atoms with Crippen molar-refractivity contribution in [2.24, 2.45) is 7.05 Å². The molecule has 2 aromatic rings. The van der Waals surface area contributed by atoms with Gasteiger partial charge in [-0.1, -0.05) is 15.9 Å². The van der Waals surface area contributed by atoms with Crippen molar-refractivity contribution in [3.63, 3.8) is 0 Å². The Bertz CT molecular complexity index is 667. The van der Waals surface area contributed by atoms with E-state index in [4.69, 9.17) is 0 Å². The first kappa shape index (κ1) is 15.6. The van der Waals surface area contributed by atoms with Crippen molar-refractivity contribution >= 4 is 21.8 Å². The summed E-state index contributed by atoms with van der Waals surface area (Å²) in [6.45, 7) is 0.111. The molecule has 0 aliphatic heterocycles. The molecular formula is C13H11BrF3N3O. The van der Waals surface area contributed by atoms with Crippen molar-refractivity contribution in [3.8, 4) is 0 Å². The maximum absolute atomic E-state index is 12.9. The van der Waals surface area contributed by atoms with Crippen molar-refractivity contribution < 1.29 is 18.0 Å². The minimum Gasteiger partial charge on any atom is -0.348 e. The standard InChI is InChI=1S/C13H11BrF3N3O/c1-20-7-8(6-19-20)5-18-12(21)10-3-2-9(14)4-11(10)13(15,16)17/h2-4,6-7H,5H2,1H3,(H,18,21).